The summed E-state index contributed by atoms with van der Waals surface area (Å²) in [4.78, 5) is 0.219. The van der Waals surface area contributed by atoms with E-state index in [1.165, 1.54) is 83.5 Å². The lowest BCUT2D eigenvalue weighted by atomic mass is 10.0. The van der Waals surface area contributed by atoms with Crippen LogP contribution >= 0.6 is 0 Å². The van der Waals surface area contributed by atoms with Crippen LogP contribution in [0.3, 0.4) is 0 Å². The molecule has 1 aromatic carbocycles. The molecule has 0 amide bonds. The van der Waals surface area contributed by atoms with Crippen molar-refractivity contribution in [2.45, 2.75) is 147 Å². The highest BCUT2D eigenvalue weighted by Crippen LogP contribution is 2.21. The Labute approximate surface area is 258 Å². The molecule has 0 radical (unpaired) electrons. The van der Waals surface area contributed by atoms with Gasteiger partial charge >= 0.3 is 0 Å². The van der Waals surface area contributed by atoms with Crippen LogP contribution in [-0.2, 0) is 28.5 Å². The summed E-state index contributed by atoms with van der Waals surface area (Å²) < 4.78 is 47.2. The minimum atomic E-state index is -3.66. The predicted octanol–water partition coefficient (Wildman–Crippen LogP) is 9.18. The van der Waals surface area contributed by atoms with E-state index in [0.717, 1.165) is 70.5 Å². The molecule has 1 heterocycles. The number of hydrogen-bond donors (Lipinski definition) is 0. The summed E-state index contributed by atoms with van der Waals surface area (Å²) >= 11 is 0. The Kier molecular flexibility index (Phi) is 21.6. The highest BCUT2D eigenvalue weighted by molar-refractivity contribution is 7.86. The number of rotatable bonds is 28. The minimum Gasteiger partial charge on any atom is -0.381 e. The van der Waals surface area contributed by atoms with Gasteiger partial charge in [-0.25, -0.2) is 0 Å². The van der Waals surface area contributed by atoms with Crippen molar-refractivity contribution in [3.8, 4) is 0 Å². The largest absolute Gasteiger partial charge is 0.381 e. The Balaban J connectivity index is 1.30. The van der Waals surface area contributed by atoms with Gasteiger partial charge in [0, 0.05) is 19.1 Å². The van der Waals surface area contributed by atoms with E-state index in [1.807, 2.05) is 6.92 Å². The lowest BCUT2D eigenvalue weighted by molar-refractivity contribution is 0.0141. The van der Waals surface area contributed by atoms with Gasteiger partial charge in [0.2, 0.25) is 0 Å². The van der Waals surface area contributed by atoms with Crippen LogP contribution in [0.2, 0.25) is 0 Å². The van der Waals surface area contributed by atoms with E-state index in [0.29, 0.717) is 12.5 Å². The quantitative estimate of drug-likeness (QED) is 0.0696. The number of hydrogen-bond acceptors (Lipinski definition) is 6. The van der Waals surface area contributed by atoms with Gasteiger partial charge in [-0.05, 0) is 44.7 Å². The summed E-state index contributed by atoms with van der Waals surface area (Å²) in [5, 5.41) is 0. The van der Waals surface area contributed by atoms with Crippen molar-refractivity contribution in [1.29, 1.82) is 0 Å². The number of unbranched alkanes of at least 4 members (excludes halogenated alkanes) is 16. The molecule has 2 unspecified atom stereocenters. The fraction of sp³-hybridized carbons (Fsp3) is 0.829. The minimum absolute atomic E-state index is 0.210. The first-order valence-corrected chi connectivity index (χ1v) is 18.6. The second-order valence-corrected chi connectivity index (χ2v) is 13.9. The molecular formula is C35H62O6S. The third-order valence-corrected chi connectivity index (χ3v) is 9.52. The van der Waals surface area contributed by atoms with Crippen molar-refractivity contribution < 1.29 is 26.8 Å². The number of aryl methyl sites for hydroxylation is 1. The first-order chi connectivity index (χ1) is 20.5. The van der Waals surface area contributed by atoms with Crippen LogP contribution in [0, 0.1) is 12.8 Å². The van der Waals surface area contributed by atoms with E-state index >= 15 is 0 Å². The smallest absolute Gasteiger partial charge is 0.296 e. The lowest BCUT2D eigenvalue weighted by Crippen LogP contribution is -2.15. The monoisotopic (exact) mass is 610 g/mol. The highest BCUT2D eigenvalue weighted by atomic mass is 32.2. The predicted molar refractivity (Wildman–Crippen MR) is 173 cm³/mol. The van der Waals surface area contributed by atoms with E-state index in [9.17, 15) is 8.42 Å². The van der Waals surface area contributed by atoms with Crippen molar-refractivity contribution in [3.05, 3.63) is 29.8 Å². The van der Waals surface area contributed by atoms with Crippen LogP contribution in [0.5, 0.6) is 0 Å². The molecule has 1 saturated heterocycles. The first kappa shape index (κ1) is 37.2. The molecule has 1 aromatic rings. The second-order valence-electron chi connectivity index (χ2n) is 12.3. The van der Waals surface area contributed by atoms with Crippen LogP contribution in [-0.4, -0.2) is 54.2 Å². The molecular weight excluding hydrogens is 548 g/mol. The highest BCUT2D eigenvalue weighted by Gasteiger charge is 2.25. The van der Waals surface area contributed by atoms with Crippen molar-refractivity contribution >= 4 is 10.1 Å². The molecule has 2 rings (SSSR count). The molecule has 0 aromatic heterocycles. The molecule has 0 saturated carbocycles. The fourth-order valence-electron chi connectivity index (χ4n) is 5.48. The Morgan fingerprint density at radius 2 is 1.14 bits per heavy atom. The van der Waals surface area contributed by atoms with Crippen molar-refractivity contribution in [3.63, 3.8) is 0 Å². The topological polar surface area (TPSA) is 71.1 Å². The van der Waals surface area contributed by atoms with Gasteiger partial charge < -0.3 is 14.2 Å². The van der Waals surface area contributed by atoms with Gasteiger partial charge in [0.15, 0.2) is 0 Å². The van der Waals surface area contributed by atoms with E-state index in [2.05, 4.69) is 6.92 Å². The van der Waals surface area contributed by atoms with Gasteiger partial charge in [-0.3, -0.25) is 4.18 Å². The summed E-state index contributed by atoms with van der Waals surface area (Å²) in [6.07, 6.45) is 24.2. The van der Waals surface area contributed by atoms with Gasteiger partial charge in [0.25, 0.3) is 10.1 Å². The van der Waals surface area contributed by atoms with E-state index in [-0.39, 0.29) is 17.6 Å². The summed E-state index contributed by atoms with van der Waals surface area (Å²) in [7, 11) is -3.66. The maximum atomic E-state index is 12.2. The Hall–Kier alpha value is -0.990. The summed E-state index contributed by atoms with van der Waals surface area (Å²) in [6, 6.07) is 6.75. The summed E-state index contributed by atoms with van der Waals surface area (Å²) in [5.74, 6) is 0.458. The SMILES string of the molecule is CCCCCCCCCCCCCCCCOCC1CC(COCCCCCCOS(=O)(=O)c2ccc(C)cc2)CO1. The third-order valence-electron chi connectivity index (χ3n) is 8.19. The standard InChI is InChI=1S/C35H62O6S/c1-3-4-5-6-7-8-9-10-11-12-13-14-15-18-26-39-31-34-28-33(30-40-34)29-38-25-19-16-17-20-27-41-42(36,37)35-23-21-32(2)22-24-35/h21-24,33-34H,3-20,25-31H2,1-2H3. The maximum absolute atomic E-state index is 12.2. The summed E-state index contributed by atoms with van der Waals surface area (Å²) in [6.45, 7) is 8.23. The Morgan fingerprint density at radius 3 is 1.69 bits per heavy atom. The zero-order chi connectivity index (χ0) is 30.1. The molecule has 0 bridgehead atoms. The summed E-state index contributed by atoms with van der Waals surface area (Å²) in [5.41, 5.74) is 1.02. The van der Waals surface area contributed by atoms with Gasteiger partial charge in [-0.1, -0.05) is 121 Å². The second kappa shape index (κ2) is 24.3. The van der Waals surface area contributed by atoms with Crippen LogP contribution < -0.4 is 0 Å². The van der Waals surface area contributed by atoms with Crippen LogP contribution in [0.4, 0.5) is 0 Å². The van der Waals surface area contributed by atoms with E-state index < -0.39 is 10.1 Å². The molecule has 1 fully saturated rings. The zero-order valence-electron chi connectivity index (χ0n) is 27.0. The van der Waals surface area contributed by atoms with Crippen LogP contribution in [0.25, 0.3) is 0 Å². The molecule has 0 N–H and O–H groups in total. The number of benzene rings is 1. The number of ether oxygens (including phenoxy) is 3. The van der Waals surface area contributed by atoms with Crippen LogP contribution in [0.1, 0.15) is 134 Å². The molecule has 1 aliphatic heterocycles. The third kappa shape index (κ3) is 18.6. The fourth-order valence-corrected chi connectivity index (χ4v) is 6.42. The van der Waals surface area contributed by atoms with Crippen LogP contribution in [0.15, 0.2) is 29.2 Å². The first-order valence-electron chi connectivity index (χ1n) is 17.2. The molecule has 244 valence electrons. The molecule has 6 nitrogen and oxygen atoms in total. The lowest BCUT2D eigenvalue weighted by Gasteiger charge is -2.11. The normalized spacial score (nSPS) is 17.3. The van der Waals surface area contributed by atoms with Gasteiger partial charge in [-0.15, -0.1) is 0 Å². The molecule has 2 atom stereocenters. The van der Waals surface area contributed by atoms with Gasteiger partial charge in [0.1, 0.15) is 0 Å². The maximum Gasteiger partial charge on any atom is 0.296 e. The average molecular weight is 611 g/mol. The van der Waals surface area contributed by atoms with Crippen molar-refractivity contribution in [2.24, 2.45) is 5.92 Å². The van der Waals surface area contributed by atoms with Gasteiger partial charge in [-0.2, -0.15) is 8.42 Å². The molecule has 0 spiro atoms. The molecule has 7 heteroatoms. The average Bonchev–Trinajstić information content (AvgIpc) is 3.43. The Morgan fingerprint density at radius 1 is 0.667 bits per heavy atom. The molecule has 42 heavy (non-hydrogen) atoms. The van der Waals surface area contributed by atoms with Crippen molar-refractivity contribution in [1.82, 2.24) is 0 Å². The molecule has 1 aliphatic rings. The van der Waals surface area contributed by atoms with Crippen molar-refractivity contribution in [2.75, 3.05) is 39.6 Å². The molecule has 0 aliphatic carbocycles. The van der Waals surface area contributed by atoms with E-state index in [4.69, 9.17) is 18.4 Å². The van der Waals surface area contributed by atoms with Gasteiger partial charge in [0.05, 0.1) is 37.4 Å². The van der Waals surface area contributed by atoms with E-state index in [1.54, 1.807) is 24.3 Å². The zero-order valence-corrected chi connectivity index (χ0v) is 27.8. The Bertz CT molecular complexity index is 857.